The average molecular weight is 357 g/mol. The molecule has 1 heterocycles. The fraction of sp³-hybridized carbons (Fsp3) is 0.316. The van der Waals surface area contributed by atoms with Gasteiger partial charge in [-0.15, -0.1) is 0 Å². The van der Waals surface area contributed by atoms with Crippen LogP contribution in [-0.4, -0.2) is 22.7 Å². The summed E-state index contributed by atoms with van der Waals surface area (Å²) in [5, 5.41) is 7.52. The molecule has 1 fully saturated rings. The number of hydrogen-bond acceptors (Lipinski definition) is 4. The molecule has 1 N–H and O–H groups in total. The lowest BCUT2D eigenvalue weighted by Gasteiger charge is -2.30. The minimum absolute atomic E-state index is 0.263. The van der Waals surface area contributed by atoms with Gasteiger partial charge >= 0.3 is 0 Å². The lowest BCUT2D eigenvalue weighted by Crippen LogP contribution is -2.45. The van der Waals surface area contributed by atoms with Crippen LogP contribution in [0, 0.1) is 5.82 Å². The number of benzene rings is 1. The van der Waals surface area contributed by atoms with E-state index in [1.54, 1.807) is 18.3 Å². The van der Waals surface area contributed by atoms with Crippen molar-refractivity contribution in [2.45, 2.75) is 31.3 Å². The zero-order valence-electron chi connectivity index (χ0n) is 14.0. The number of nitrogens with one attached hydrogen (secondary N) is 1. The van der Waals surface area contributed by atoms with Crippen LogP contribution in [0.5, 0.6) is 0 Å². The van der Waals surface area contributed by atoms with E-state index in [9.17, 15) is 4.39 Å². The molecule has 1 aliphatic rings. The lowest BCUT2D eigenvalue weighted by atomic mass is 9.78. The fourth-order valence-electron chi connectivity index (χ4n) is 3.28. The number of likely N-dealkylation sites (N-methyl/N-ethyl adjacent to an activating group) is 1. The Morgan fingerprint density at radius 3 is 2.84 bits per heavy atom. The Bertz CT molecular complexity index is 764. The summed E-state index contributed by atoms with van der Waals surface area (Å²) in [5.74, 6) is -0.263. The van der Waals surface area contributed by atoms with Crippen molar-refractivity contribution in [1.29, 1.82) is 0 Å². The molecule has 0 amide bonds. The molecule has 1 aromatic heterocycles. The van der Waals surface area contributed by atoms with Crippen molar-refractivity contribution in [2.24, 2.45) is 5.16 Å². The largest absolute Gasteiger partial charge is 0.391 e. The van der Waals surface area contributed by atoms with Crippen LogP contribution in [0.2, 0.25) is 0 Å². The van der Waals surface area contributed by atoms with Gasteiger partial charge < -0.3 is 10.2 Å². The number of aromatic nitrogens is 1. The van der Waals surface area contributed by atoms with Crippen molar-refractivity contribution in [2.75, 3.05) is 7.05 Å². The van der Waals surface area contributed by atoms with Crippen LogP contribution in [0.3, 0.4) is 0 Å². The van der Waals surface area contributed by atoms with Crippen molar-refractivity contribution >= 4 is 22.9 Å². The summed E-state index contributed by atoms with van der Waals surface area (Å²) in [6, 6.07) is 10.1. The number of rotatable bonds is 5. The molecular formula is C19H20FN3OS. The molecule has 4 nitrogen and oxygen atoms in total. The maximum absolute atomic E-state index is 13.0. The molecule has 0 saturated heterocycles. The van der Waals surface area contributed by atoms with Gasteiger partial charge in [-0.3, -0.25) is 4.98 Å². The van der Waals surface area contributed by atoms with E-state index in [2.05, 4.69) is 15.5 Å². The first-order valence-electron chi connectivity index (χ1n) is 8.23. The molecule has 3 rings (SSSR count). The van der Waals surface area contributed by atoms with Crippen LogP contribution in [0.1, 0.15) is 30.4 Å². The molecule has 1 aliphatic carbocycles. The van der Waals surface area contributed by atoms with E-state index in [-0.39, 0.29) is 5.82 Å². The van der Waals surface area contributed by atoms with E-state index < -0.39 is 5.41 Å². The first kappa shape index (κ1) is 17.5. The predicted octanol–water partition coefficient (Wildman–Crippen LogP) is 3.76. The first-order chi connectivity index (χ1) is 12.2. The number of hydrogen-bond donors (Lipinski definition) is 1. The highest BCUT2D eigenvalue weighted by molar-refractivity contribution is 7.80. The van der Waals surface area contributed by atoms with E-state index in [1.165, 1.54) is 12.1 Å². The van der Waals surface area contributed by atoms with Crippen LogP contribution in [0.15, 0.2) is 53.9 Å². The molecule has 0 radical (unpaired) electrons. The molecule has 0 bridgehead atoms. The summed E-state index contributed by atoms with van der Waals surface area (Å²) in [6.07, 6.45) is 6.26. The van der Waals surface area contributed by atoms with Gasteiger partial charge in [-0.2, -0.15) is 0 Å². The normalized spacial score (nSPS) is 21.3. The second-order valence-corrected chi connectivity index (χ2v) is 6.43. The standard InChI is InChI=1S/C19H20FN3OS/c1-21-18(25)19(15-4-3-11-22-12-15)10-2-5-17(19)23-24-13-14-6-8-16(20)9-7-14/h3-4,6-9,11-12H,2,5,10,13H2,1H3,(H,21,25). The summed E-state index contributed by atoms with van der Waals surface area (Å²) >= 11 is 5.63. The number of nitrogens with zero attached hydrogens (tertiary/aromatic N) is 2. The van der Waals surface area contributed by atoms with Crippen molar-refractivity contribution in [3.05, 3.63) is 65.7 Å². The fourth-order valence-corrected chi connectivity index (χ4v) is 3.62. The molecule has 2 aromatic rings. The molecule has 130 valence electrons. The minimum atomic E-state index is -0.471. The third-order valence-electron chi connectivity index (χ3n) is 4.55. The molecule has 1 saturated carbocycles. The number of halogens is 1. The first-order valence-corrected chi connectivity index (χ1v) is 8.64. The third-order valence-corrected chi connectivity index (χ3v) is 5.10. The second kappa shape index (κ2) is 7.70. The van der Waals surface area contributed by atoms with Crippen LogP contribution < -0.4 is 5.32 Å². The van der Waals surface area contributed by atoms with Gasteiger partial charge in [0.15, 0.2) is 0 Å². The van der Waals surface area contributed by atoms with E-state index in [0.717, 1.165) is 41.1 Å². The molecule has 1 unspecified atom stereocenters. The van der Waals surface area contributed by atoms with Gasteiger partial charge in [-0.05, 0) is 48.6 Å². The highest BCUT2D eigenvalue weighted by Crippen LogP contribution is 2.40. The molecule has 0 spiro atoms. The molecule has 1 aromatic carbocycles. The summed E-state index contributed by atoms with van der Waals surface area (Å²) in [5.41, 5.74) is 2.33. The molecule has 1 atom stereocenters. The summed E-state index contributed by atoms with van der Waals surface area (Å²) in [6.45, 7) is 0.291. The van der Waals surface area contributed by atoms with Crippen LogP contribution >= 0.6 is 12.2 Å². The van der Waals surface area contributed by atoms with Gasteiger partial charge in [-0.1, -0.05) is 35.6 Å². The SMILES string of the molecule is CNC(=S)C1(c2cccnc2)CCCC1=NOCc1ccc(F)cc1. The lowest BCUT2D eigenvalue weighted by molar-refractivity contribution is 0.129. The summed E-state index contributed by atoms with van der Waals surface area (Å²) < 4.78 is 13.0. The Morgan fingerprint density at radius 1 is 1.36 bits per heavy atom. The van der Waals surface area contributed by atoms with Crippen molar-refractivity contribution in [1.82, 2.24) is 10.3 Å². The van der Waals surface area contributed by atoms with Crippen LogP contribution in [0.25, 0.3) is 0 Å². The molecule has 25 heavy (non-hydrogen) atoms. The van der Waals surface area contributed by atoms with Crippen molar-refractivity contribution in [3.8, 4) is 0 Å². The Hall–Kier alpha value is -2.34. The van der Waals surface area contributed by atoms with Gasteiger partial charge in [-0.25, -0.2) is 4.39 Å². The topological polar surface area (TPSA) is 46.5 Å². The van der Waals surface area contributed by atoms with Gasteiger partial charge in [0.1, 0.15) is 12.4 Å². The third kappa shape index (κ3) is 3.54. The Balaban J connectivity index is 1.85. The summed E-state index contributed by atoms with van der Waals surface area (Å²) in [4.78, 5) is 10.5. The number of pyridine rings is 1. The monoisotopic (exact) mass is 357 g/mol. The average Bonchev–Trinajstić information content (AvgIpc) is 3.08. The number of thiocarbonyl (C=S) groups is 1. The van der Waals surface area contributed by atoms with E-state index in [1.807, 2.05) is 25.4 Å². The predicted molar refractivity (Wildman–Crippen MR) is 100 cm³/mol. The Kier molecular flexibility index (Phi) is 5.38. The summed E-state index contributed by atoms with van der Waals surface area (Å²) in [7, 11) is 1.83. The van der Waals surface area contributed by atoms with E-state index in [0.29, 0.717) is 6.61 Å². The molecule has 0 aliphatic heterocycles. The molecular weight excluding hydrogens is 337 g/mol. The van der Waals surface area contributed by atoms with Crippen molar-refractivity contribution < 1.29 is 9.23 Å². The Labute approximate surface area is 152 Å². The quantitative estimate of drug-likeness (QED) is 0.654. The van der Waals surface area contributed by atoms with E-state index in [4.69, 9.17) is 17.1 Å². The van der Waals surface area contributed by atoms with Gasteiger partial charge in [0, 0.05) is 19.4 Å². The van der Waals surface area contributed by atoms with Gasteiger partial charge in [0.25, 0.3) is 0 Å². The highest BCUT2D eigenvalue weighted by atomic mass is 32.1. The van der Waals surface area contributed by atoms with Crippen LogP contribution in [-0.2, 0) is 16.9 Å². The van der Waals surface area contributed by atoms with Crippen LogP contribution in [0.4, 0.5) is 4.39 Å². The van der Waals surface area contributed by atoms with Crippen molar-refractivity contribution in [3.63, 3.8) is 0 Å². The van der Waals surface area contributed by atoms with Gasteiger partial charge in [0.2, 0.25) is 0 Å². The maximum Gasteiger partial charge on any atom is 0.142 e. The maximum atomic E-state index is 13.0. The minimum Gasteiger partial charge on any atom is -0.391 e. The highest BCUT2D eigenvalue weighted by Gasteiger charge is 2.46. The smallest absolute Gasteiger partial charge is 0.142 e. The van der Waals surface area contributed by atoms with Gasteiger partial charge in [0.05, 0.1) is 16.1 Å². The number of oxime groups is 1. The zero-order chi connectivity index (χ0) is 17.7. The molecule has 6 heteroatoms. The zero-order valence-corrected chi connectivity index (χ0v) is 14.9. The van der Waals surface area contributed by atoms with E-state index >= 15 is 0 Å². The Morgan fingerprint density at radius 2 is 2.16 bits per heavy atom. The second-order valence-electron chi connectivity index (χ2n) is 6.02.